The smallest absolute Gasteiger partial charge is 0.246 e. The van der Waals surface area contributed by atoms with Gasteiger partial charge in [0, 0.05) is 30.1 Å². The van der Waals surface area contributed by atoms with Crippen molar-refractivity contribution >= 4 is 23.0 Å². The van der Waals surface area contributed by atoms with E-state index in [1.54, 1.807) is 30.4 Å². The lowest BCUT2D eigenvalue weighted by molar-refractivity contribution is -0.126. The van der Waals surface area contributed by atoms with E-state index in [0.29, 0.717) is 22.3 Å². The summed E-state index contributed by atoms with van der Waals surface area (Å²) >= 11 is 0. The molecule has 0 bridgehead atoms. The van der Waals surface area contributed by atoms with Crippen LogP contribution in [-0.4, -0.2) is 39.2 Å². The van der Waals surface area contributed by atoms with Crippen LogP contribution in [0.1, 0.15) is 24.8 Å². The summed E-state index contributed by atoms with van der Waals surface area (Å²) in [5, 5.41) is 30.0. The molecule has 0 spiro atoms. The van der Waals surface area contributed by atoms with Crippen molar-refractivity contribution in [1.82, 2.24) is 4.90 Å². The number of carbonyl (C=O) groups excluding carboxylic acids is 1. The molecule has 2 aromatic carbocycles. The highest BCUT2D eigenvalue weighted by atomic mass is 16.4. The van der Waals surface area contributed by atoms with Crippen LogP contribution in [-0.2, 0) is 4.79 Å². The summed E-state index contributed by atoms with van der Waals surface area (Å²) in [6.07, 6.45) is 6.51. The molecule has 1 saturated heterocycles. The number of rotatable bonds is 3. The second-order valence-electron chi connectivity index (χ2n) is 6.95. The van der Waals surface area contributed by atoms with E-state index in [2.05, 4.69) is 0 Å². The van der Waals surface area contributed by atoms with Gasteiger partial charge < -0.3 is 24.6 Å². The van der Waals surface area contributed by atoms with Crippen LogP contribution in [0.4, 0.5) is 0 Å². The highest BCUT2D eigenvalue weighted by Gasteiger charge is 2.16. The topological polar surface area (TPSA) is 94.1 Å². The Balaban J connectivity index is 1.68. The Morgan fingerprint density at radius 2 is 1.68 bits per heavy atom. The van der Waals surface area contributed by atoms with E-state index >= 15 is 0 Å². The molecular weight excluding hydrogens is 358 g/mol. The van der Waals surface area contributed by atoms with Crippen molar-refractivity contribution in [2.75, 3.05) is 13.1 Å². The molecule has 2 heterocycles. The van der Waals surface area contributed by atoms with Crippen LogP contribution in [0.15, 0.2) is 46.9 Å². The van der Waals surface area contributed by atoms with Crippen LogP contribution < -0.4 is 0 Å². The first kappa shape index (κ1) is 18.0. The lowest BCUT2D eigenvalue weighted by Crippen LogP contribution is -2.34. The first-order chi connectivity index (χ1) is 13.5. The summed E-state index contributed by atoms with van der Waals surface area (Å²) in [4.78, 5) is 14.2. The number of phenolic OH excluding ortho intramolecular Hbond substituents is 3. The predicted molar refractivity (Wildman–Crippen MR) is 106 cm³/mol. The molecule has 0 atom stereocenters. The molecule has 1 aromatic heterocycles. The van der Waals surface area contributed by atoms with Crippen molar-refractivity contribution in [3.8, 4) is 28.6 Å². The average molecular weight is 379 g/mol. The molecule has 3 aromatic rings. The first-order valence-corrected chi connectivity index (χ1v) is 9.28. The number of aromatic hydroxyl groups is 3. The summed E-state index contributed by atoms with van der Waals surface area (Å²) in [5.41, 5.74) is 1.61. The predicted octanol–water partition coefficient (Wildman–Crippen LogP) is 4.24. The van der Waals surface area contributed by atoms with Crippen molar-refractivity contribution in [1.29, 1.82) is 0 Å². The molecule has 0 radical (unpaired) electrons. The number of amides is 1. The molecule has 28 heavy (non-hydrogen) atoms. The van der Waals surface area contributed by atoms with Crippen LogP contribution in [0.2, 0.25) is 0 Å². The monoisotopic (exact) mass is 379 g/mol. The van der Waals surface area contributed by atoms with Crippen LogP contribution in [0.25, 0.3) is 28.4 Å². The van der Waals surface area contributed by atoms with Crippen molar-refractivity contribution in [3.05, 3.63) is 48.0 Å². The fraction of sp³-hybridized carbons (Fsp3) is 0.227. The van der Waals surface area contributed by atoms with Gasteiger partial charge >= 0.3 is 0 Å². The van der Waals surface area contributed by atoms with E-state index in [4.69, 9.17) is 4.42 Å². The Bertz CT molecular complexity index is 1060. The maximum absolute atomic E-state index is 12.4. The van der Waals surface area contributed by atoms with Crippen LogP contribution in [0.5, 0.6) is 17.2 Å². The SMILES string of the molecule is O=C(/C=C/c1ccc(O)c2oc(-c3ccc(O)c(O)c3)cc12)N1CCCCC1. The molecule has 6 heteroatoms. The summed E-state index contributed by atoms with van der Waals surface area (Å²) in [5.74, 6) is -0.0716. The molecule has 1 aliphatic rings. The third-order valence-corrected chi connectivity index (χ3v) is 5.03. The minimum atomic E-state index is -0.255. The number of carbonyl (C=O) groups is 1. The van der Waals surface area contributed by atoms with Crippen LogP contribution in [0, 0.1) is 0 Å². The molecule has 0 aliphatic carbocycles. The molecule has 3 N–H and O–H groups in total. The van der Waals surface area contributed by atoms with Gasteiger partial charge in [-0.1, -0.05) is 6.07 Å². The molecule has 0 saturated carbocycles. The quantitative estimate of drug-likeness (QED) is 0.467. The number of likely N-dealkylation sites (tertiary alicyclic amines) is 1. The highest BCUT2D eigenvalue weighted by molar-refractivity contribution is 5.98. The van der Waals surface area contributed by atoms with Gasteiger partial charge in [-0.2, -0.15) is 0 Å². The van der Waals surface area contributed by atoms with E-state index in [1.807, 2.05) is 4.90 Å². The molecule has 6 nitrogen and oxygen atoms in total. The minimum Gasteiger partial charge on any atom is -0.504 e. The minimum absolute atomic E-state index is 0.0104. The molecule has 0 unspecified atom stereocenters. The largest absolute Gasteiger partial charge is 0.504 e. The Hall–Kier alpha value is -3.41. The highest BCUT2D eigenvalue weighted by Crippen LogP contribution is 2.37. The van der Waals surface area contributed by atoms with Gasteiger partial charge in [-0.3, -0.25) is 4.79 Å². The Labute approximate surface area is 161 Å². The first-order valence-electron chi connectivity index (χ1n) is 9.28. The number of hydrogen-bond donors (Lipinski definition) is 3. The number of phenols is 3. The maximum atomic E-state index is 12.4. The van der Waals surface area contributed by atoms with Gasteiger partial charge in [0.05, 0.1) is 0 Å². The second kappa shape index (κ2) is 7.31. The van der Waals surface area contributed by atoms with E-state index in [9.17, 15) is 20.1 Å². The number of fused-ring (bicyclic) bond motifs is 1. The molecule has 1 fully saturated rings. The summed E-state index contributed by atoms with van der Waals surface area (Å²) in [7, 11) is 0. The summed E-state index contributed by atoms with van der Waals surface area (Å²) < 4.78 is 5.77. The van der Waals surface area contributed by atoms with E-state index in [1.165, 1.54) is 18.2 Å². The van der Waals surface area contributed by atoms with Gasteiger partial charge in [0.25, 0.3) is 0 Å². The Kier molecular flexibility index (Phi) is 4.69. The zero-order chi connectivity index (χ0) is 19.7. The maximum Gasteiger partial charge on any atom is 0.246 e. The lowest BCUT2D eigenvalue weighted by atomic mass is 10.1. The van der Waals surface area contributed by atoms with Crippen molar-refractivity contribution in [2.24, 2.45) is 0 Å². The third-order valence-electron chi connectivity index (χ3n) is 5.03. The number of piperidine rings is 1. The second-order valence-corrected chi connectivity index (χ2v) is 6.95. The zero-order valence-corrected chi connectivity index (χ0v) is 15.3. The van der Waals surface area contributed by atoms with E-state index in [0.717, 1.165) is 37.9 Å². The van der Waals surface area contributed by atoms with Gasteiger partial charge in [-0.15, -0.1) is 0 Å². The lowest BCUT2D eigenvalue weighted by Gasteiger charge is -2.25. The molecular formula is C22H21NO5. The normalized spacial score (nSPS) is 14.8. The third kappa shape index (κ3) is 3.41. The van der Waals surface area contributed by atoms with Gasteiger partial charge in [0.1, 0.15) is 5.76 Å². The van der Waals surface area contributed by atoms with Gasteiger partial charge in [0.2, 0.25) is 5.91 Å². The zero-order valence-electron chi connectivity index (χ0n) is 15.3. The molecule has 1 amide bonds. The standard InChI is InChI=1S/C22H21NO5/c24-17-7-5-15(12-19(17)26)20-13-16-14(4-8-18(25)22(16)28-20)6-9-21(27)23-10-2-1-3-11-23/h4-9,12-13,24-26H,1-3,10-11H2/b9-6+. The van der Waals surface area contributed by atoms with E-state index in [-0.39, 0.29) is 23.2 Å². The molecule has 1 aliphatic heterocycles. The summed E-state index contributed by atoms with van der Waals surface area (Å²) in [6, 6.07) is 9.36. The number of hydrogen-bond acceptors (Lipinski definition) is 5. The molecule has 144 valence electrons. The number of furan rings is 1. The Morgan fingerprint density at radius 1 is 0.929 bits per heavy atom. The van der Waals surface area contributed by atoms with Gasteiger partial charge in [-0.05, 0) is 61.2 Å². The fourth-order valence-corrected chi connectivity index (χ4v) is 3.47. The van der Waals surface area contributed by atoms with Crippen molar-refractivity contribution in [3.63, 3.8) is 0 Å². The molecule has 4 rings (SSSR count). The fourth-order valence-electron chi connectivity index (χ4n) is 3.47. The number of nitrogens with zero attached hydrogens (tertiary/aromatic N) is 1. The van der Waals surface area contributed by atoms with Crippen molar-refractivity contribution in [2.45, 2.75) is 19.3 Å². The van der Waals surface area contributed by atoms with Gasteiger partial charge in [0.15, 0.2) is 22.8 Å². The van der Waals surface area contributed by atoms with Gasteiger partial charge in [-0.25, -0.2) is 0 Å². The van der Waals surface area contributed by atoms with E-state index < -0.39 is 0 Å². The summed E-state index contributed by atoms with van der Waals surface area (Å²) in [6.45, 7) is 1.57. The number of benzene rings is 2. The van der Waals surface area contributed by atoms with Crippen LogP contribution in [0.3, 0.4) is 0 Å². The average Bonchev–Trinajstić information content (AvgIpc) is 3.16. The van der Waals surface area contributed by atoms with Crippen LogP contribution >= 0.6 is 0 Å². The van der Waals surface area contributed by atoms with Crippen molar-refractivity contribution < 1.29 is 24.5 Å². The Morgan fingerprint density at radius 3 is 2.43 bits per heavy atom.